The maximum absolute atomic E-state index is 11.9. The Hall–Kier alpha value is -10.2. The number of ketones is 1. The highest BCUT2D eigenvalue weighted by Gasteiger charge is 2.53. The molecule has 18 aromatic carbocycles. The first-order valence-electron chi connectivity index (χ1n) is 63.2. The highest BCUT2D eigenvalue weighted by molar-refractivity contribution is 14.1. The Morgan fingerprint density at radius 3 is 1.04 bits per heavy atom. The molecule has 602 valence electrons. The molecule has 10 heteroatoms. The number of rotatable bonds is 2. The monoisotopic (exact) mass is 2000 g/mol. The summed E-state index contributed by atoms with van der Waals surface area (Å²) in [5.41, 5.74) is 28.4. The molecule has 0 heterocycles. The van der Waals surface area contributed by atoms with E-state index in [1.165, 1.54) is 141 Å². The van der Waals surface area contributed by atoms with Crippen molar-refractivity contribution in [1.82, 2.24) is 0 Å². The van der Waals surface area contributed by atoms with Crippen LogP contribution in [0.15, 0.2) is 408 Å². The van der Waals surface area contributed by atoms with Crippen molar-refractivity contribution in [3.63, 3.8) is 0 Å². The molecular formula is C103H127BBr5IO3. The standard InChI is InChI=1S/C29H17Br.C29H18.C16H11Br.C13H8O.C10H9BO2.C6H4BrI.Br2.30H2/c30-27-17-26-28(21-12-2-1-11-20(21)27)22-13-5-8-16-25(22)29(26)23-14-6-3-9-18(23)19-10-4-7-15-24(19)29;1-2-10-20-19(9-1)17-18-27-28(20)23-13-5-8-16-26(23)29(27)24-14-6-3-11-21(24)22-12-4-7-15-25(22)29;17-16-11-4-3-9-15(16)14-10-5-7-12-6-1-2-8-13(12)14;14-13-11-7-3-1-5-9(11)10-6-2-4-8-12(10)13;12-11(13)10-7-3-5-8-4-1-2-6-9(8)10;7-5-3-1-2-4-6(5)8;1-2;;;;;;;;;;;;;;;;;;;;;;;;;;;;;;/h1-17H;1-18H;1-11H;1-8H;1-7,12-13H;1-4H;;30*1H/i;;;;;;;26*1+1D;4*1+1. The number of hydrogen-bond donors (Lipinski definition) is 2. The molecule has 0 fully saturated rings. The maximum atomic E-state index is 11.9. The second kappa shape index (κ2) is 32.7. The van der Waals surface area contributed by atoms with E-state index in [0.29, 0.717) is 5.46 Å². The lowest BCUT2D eigenvalue weighted by Crippen LogP contribution is -2.30. The third-order valence-corrected chi connectivity index (χ3v) is 26.1. The predicted molar refractivity (Wildman–Crippen MR) is 562 cm³/mol. The quantitative estimate of drug-likeness (QED) is 0.134. The number of fused-ring (bicyclic) bond motifs is 29. The van der Waals surface area contributed by atoms with Crippen LogP contribution in [0, 0.1) is 3.57 Å². The van der Waals surface area contributed by atoms with E-state index >= 15 is 0 Å². The van der Waals surface area contributed by atoms with Gasteiger partial charge in [-0.2, -0.15) is 0 Å². The first-order valence-corrected chi connectivity index (χ1v) is 44.4. The van der Waals surface area contributed by atoms with Gasteiger partial charge in [0.25, 0.3) is 0 Å². The highest BCUT2D eigenvalue weighted by Crippen LogP contribution is 2.66. The highest BCUT2D eigenvalue weighted by atomic mass is 127. The van der Waals surface area contributed by atoms with Gasteiger partial charge in [-0.05, 0) is 223 Å². The summed E-state index contributed by atoms with van der Waals surface area (Å²) < 4.78 is 265. The third-order valence-electron chi connectivity index (χ3n) is 22.3. The van der Waals surface area contributed by atoms with Crippen molar-refractivity contribution >= 4 is 160 Å². The SMILES string of the molecule is BrBr.Brc1cc2c(c3ccccc13)-c1ccccc1C21c2ccccc2-c2ccccc21.Brc1ccccc1-c1cccc2ccccc12.Brc1ccccc1I.O=C1c2ccccc2-c2ccccc21.OB(O)c1cccc2ccccc12.[2HH].[2HH].[2HH].[2HH].[2H][2H].[2H][2H].[2H][2H].[2H][2H].[2H][2H].[2H][2H].[2H][2H].[2H][2H].[2H][2H].[2H][2H].[2H][2H].[2H][2H].[2H][2H].[2H][2H].[2H][2H].[2H][2H].[2H][2H].[2H][2H].[2H][2H].[2H][2H].[2H][2H].[2H][2H].[2H][2H].[2H][2H].[2H][2H].[2H][2H].c1ccc2c(c1)-c1ccccc1C21c2ccccc2-c2c1ccc1ccccc21. The summed E-state index contributed by atoms with van der Waals surface area (Å²) in [5, 5.41) is 27.9. The average molecular weight is 2010 g/mol. The first-order chi connectivity index (χ1) is 81.5. The maximum Gasteiger partial charge on any atom is 0.489 e. The van der Waals surface area contributed by atoms with Crippen LogP contribution in [0.1, 0.15) is 143 Å². The Kier molecular flexibility index (Phi) is 14.7. The summed E-state index contributed by atoms with van der Waals surface area (Å²) in [4.78, 5) is 11.9. The van der Waals surface area contributed by atoms with Crippen LogP contribution in [0.4, 0.5) is 0 Å². The zero-order valence-electron chi connectivity index (χ0n) is 113. The summed E-state index contributed by atoms with van der Waals surface area (Å²) in [6.45, 7) is 0. The van der Waals surface area contributed by atoms with E-state index in [1.54, 1.807) is 6.07 Å². The fourth-order valence-electron chi connectivity index (χ4n) is 17.8. The fraction of sp³-hybridized carbons (Fsp3) is 0.0194. The third kappa shape index (κ3) is 13.2. The number of hydrogen-bond acceptors (Lipinski definition) is 3. The molecule has 0 bridgehead atoms. The summed E-state index contributed by atoms with van der Waals surface area (Å²) in [6.07, 6.45) is 0. The van der Waals surface area contributed by atoms with Crippen LogP contribution in [-0.2, 0) is 10.8 Å². The van der Waals surface area contributed by atoms with Gasteiger partial charge in [0.2, 0.25) is 0 Å². The number of halogens is 6. The zero-order valence-corrected chi connectivity index (χ0v) is 70.8. The van der Waals surface area contributed by atoms with Crippen molar-refractivity contribution < 1.29 is 97.8 Å². The molecule has 3 nitrogen and oxygen atoms in total. The summed E-state index contributed by atoms with van der Waals surface area (Å²) in [6, 6.07) is 138. The molecular weight excluding hydrogens is 1820 g/mol. The topological polar surface area (TPSA) is 57.5 Å². The van der Waals surface area contributed by atoms with Crippen LogP contribution in [0.25, 0.3) is 110 Å². The molecule has 23 rings (SSSR count). The van der Waals surface area contributed by atoms with Crippen LogP contribution in [0.2, 0.25) is 0 Å². The number of benzene rings is 18. The molecule has 0 radical (unpaired) electrons. The molecule has 0 aromatic heterocycles. The fourth-order valence-corrected chi connectivity index (χ4v) is 19.5. The minimum atomic E-state index is -1.40. The Balaban J connectivity index is -0.000000134. The summed E-state index contributed by atoms with van der Waals surface area (Å²) in [5.74, 6) is 0.149. The molecule has 5 aliphatic rings. The van der Waals surface area contributed by atoms with Crippen LogP contribution in [0.3, 0.4) is 0 Å². The van der Waals surface area contributed by atoms with Crippen molar-refractivity contribution in [2.75, 3.05) is 0 Å². The Labute approximate surface area is 798 Å². The lowest BCUT2D eigenvalue weighted by atomic mass is 9.70. The van der Waals surface area contributed by atoms with Crippen LogP contribution in [-0.4, -0.2) is 22.9 Å². The Bertz CT molecular complexity index is 6700. The van der Waals surface area contributed by atoms with Gasteiger partial charge in [0.05, 0.1) is 10.8 Å². The van der Waals surface area contributed by atoms with Crippen molar-refractivity contribution in [2.45, 2.75) is 10.8 Å². The van der Waals surface area contributed by atoms with Gasteiger partial charge in [0.15, 0.2) is 5.78 Å². The molecule has 18 aromatic rings. The smallest absolute Gasteiger partial charge is 0.423 e. The van der Waals surface area contributed by atoms with Crippen molar-refractivity contribution in [3.05, 3.63) is 467 Å². The van der Waals surface area contributed by atoms with Crippen LogP contribution < -0.4 is 5.46 Å². The van der Waals surface area contributed by atoms with E-state index in [4.69, 9.17) is 87.3 Å². The van der Waals surface area contributed by atoms with E-state index < -0.39 is 7.12 Å². The lowest BCUT2D eigenvalue weighted by molar-refractivity contribution is 0.104. The zero-order chi connectivity index (χ0) is 129. The second-order valence-corrected chi connectivity index (χ2v) is 31.8. The molecule has 0 unspecified atom stereocenters. The molecule has 0 atom stereocenters. The minimum absolute atomic E-state index is 0. The second-order valence-electron chi connectivity index (χ2n) is 28.1. The van der Waals surface area contributed by atoms with Crippen molar-refractivity contribution in [2.24, 2.45) is 0 Å². The molecule has 5 aliphatic carbocycles. The van der Waals surface area contributed by atoms with Gasteiger partial charge in [-0.3, -0.25) is 4.79 Å². The van der Waals surface area contributed by atoms with Gasteiger partial charge in [0.1, 0.15) is 0 Å². The van der Waals surface area contributed by atoms with Crippen molar-refractivity contribution in [1.29, 1.82) is 0 Å². The van der Waals surface area contributed by atoms with Gasteiger partial charge in [0, 0.05) is 139 Å². The lowest BCUT2D eigenvalue weighted by Gasteiger charge is -2.30. The van der Waals surface area contributed by atoms with Crippen molar-refractivity contribution in [3.8, 4) is 66.8 Å². The van der Waals surface area contributed by atoms with E-state index in [-0.39, 0.29) is 22.3 Å². The summed E-state index contributed by atoms with van der Waals surface area (Å²) in [7, 11) is -1.40. The number of carbonyl (C=O) groups excluding carboxylic acids is 1. The van der Waals surface area contributed by atoms with E-state index in [0.717, 1.165) is 42.0 Å². The Morgan fingerprint density at radius 2 is 0.575 bits per heavy atom. The average Bonchev–Trinajstić information content (AvgIpc) is 1.50. The molecule has 113 heavy (non-hydrogen) atoms. The van der Waals surface area contributed by atoms with Gasteiger partial charge in [-0.15, -0.1) is 0 Å². The molecule has 0 saturated carbocycles. The van der Waals surface area contributed by atoms with Gasteiger partial charge >= 0.3 is 7.12 Å². The normalized spacial score (nSPS) is 14.4. The van der Waals surface area contributed by atoms with Gasteiger partial charge in [-0.1, -0.05) is 402 Å². The molecule has 2 spiro atoms. The minimum Gasteiger partial charge on any atom is -0.423 e. The molecule has 0 aliphatic heterocycles. The van der Waals surface area contributed by atoms with E-state index in [9.17, 15) is 4.79 Å². The Morgan fingerprint density at radius 1 is 0.257 bits per heavy atom. The first kappa shape index (κ1) is 50.8. The number of carbonyl (C=O) groups is 1. The summed E-state index contributed by atoms with van der Waals surface area (Å²) >= 11 is 18.7. The molecule has 0 amide bonds. The van der Waals surface area contributed by atoms with Gasteiger partial charge in [-0.25, -0.2) is 0 Å². The molecule has 0 saturated heterocycles. The van der Waals surface area contributed by atoms with Crippen LogP contribution >= 0.6 is 98.6 Å². The van der Waals surface area contributed by atoms with E-state index in [2.05, 4.69) is 378 Å². The van der Waals surface area contributed by atoms with Crippen LogP contribution in [0.5, 0.6) is 0 Å². The molecule has 2 N–H and O–H groups in total. The van der Waals surface area contributed by atoms with Gasteiger partial charge < -0.3 is 10.0 Å². The predicted octanol–water partition coefficient (Wildman–Crippen LogP) is 35.9. The van der Waals surface area contributed by atoms with E-state index in [1.807, 2.05) is 109 Å². The largest absolute Gasteiger partial charge is 0.489 e.